The van der Waals surface area contributed by atoms with Crippen LogP contribution >= 0.6 is 22.6 Å². The summed E-state index contributed by atoms with van der Waals surface area (Å²) in [6.45, 7) is 2.19. The van der Waals surface area contributed by atoms with Crippen LogP contribution in [0.4, 0.5) is 5.82 Å². The Balaban J connectivity index is 2.22. The maximum absolute atomic E-state index is 5.07. The molecular formula is C10H14IN3O. The molecular weight excluding hydrogens is 305 g/mol. The van der Waals surface area contributed by atoms with Crippen molar-refractivity contribution < 1.29 is 4.74 Å². The maximum atomic E-state index is 5.07. The van der Waals surface area contributed by atoms with Crippen LogP contribution in [0.5, 0.6) is 6.01 Å². The molecule has 15 heavy (non-hydrogen) atoms. The van der Waals surface area contributed by atoms with Gasteiger partial charge in [-0.1, -0.05) is 0 Å². The van der Waals surface area contributed by atoms with Gasteiger partial charge in [0.1, 0.15) is 9.52 Å². The van der Waals surface area contributed by atoms with Crippen molar-refractivity contribution in [3.63, 3.8) is 0 Å². The molecule has 5 heteroatoms. The van der Waals surface area contributed by atoms with Gasteiger partial charge in [-0.3, -0.25) is 0 Å². The summed E-state index contributed by atoms with van der Waals surface area (Å²) in [5, 5.41) is 0. The van der Waals surface area contributed by atoms with Crippen molar-refractivity contribution in [3.8, 4) is 6.01 Å². The predicted molar refractivity (Wildman–Crippen MR) is 67.4 cm³/mol. The number of halogens is 1. The first-order valence-corrected chi connectivity index (χ1v) is 6.21. The molecule has 2 heterocycles. The first-order valence-electron chi connectivity index (χ1n) is 5.13. The number of hydrogen-bond donors (Lipinski definition) is 0. The van der Waals surface area contributed by atoms with Gasteiger partial charge in [-0.2, -0.15) is 9.97 Å². The highest BCUT2D eigenvalue weighted by Gasteiger charge is 2.14. The molecule has 1 aliphatic rings. The Labute approximate surface area is 103 Å². The Morgan fingerprint density at radius 1 is 1.27 bits per heavy atom. The lowest BCUT2D eigenvalue weighted by Gasteiger charge is -2.27. The predicted octanol–water partition coefficient (Wildman–Crippen LogP) is 2.08. The molecule has 1 aromatic rings. The molecule has 1 aromatic heterocycles. The van der Waals surface area contributed by atoms with E-state index in [0.29, 0.717) is 6.01 Å². The molecule has 0 spiro atoms. The average molecular weight is 319 g/mol. The van der Waals surface area contributed by atoms with Gasteiger partial charge in [0.2, 0.25) is 0 Å². The molecule has 0 unspecified atom stereocenters. The van der Waals surface area contributed by atoms with Crippen molar-refractivity contribution >= 4 is 28.4 Å². The highest BCUT2D eigenvalue weighted by atomic mass is 127. The highest BCUT2D eigenvalue weighted by Crippen LogP contribution is 2.21. The van der Waals surface area contributed by atoms with Gasteiger partial charge in [-0.25, -0.2) is 0 Å². The van der Waals surface area contributed by atoms with Gasteiger partial charge in [0, 0.05) is 19.2 Å². The second-order valence-corrected chi connectivity index (χ2v) is 4.69. The summed E-state index contributed by atoms with van der Waals surface area (Å²) < 4.78 is 6.00. The average Bonchev–Trinajstić information content (AvgIpc) is 2.29. The molecule has 1 aliphatic heterocycles. The fraction of sp³-hybridized carbons (Fsp3) is 0.600. The zero-order valence-corrected chi connectivity index (χ0v) is 10.9. The second-order valence-electron chi connectivity index (χ2n) is 3.58. The molecule has 1 saturated heterocycles. The highest BCUT2D eigenvalue weighted by molar-refractivity contribution is 14.1. The Bertz CT molecular complexity index is 339. The molecule has 2 rings (SSSR count). The molecule has 0 aromatic carbocycles. The second kappa shape index (κ2) is 4.96. The SMILES string of the molecule is COc1nc(I)cc(N2CCCCC2)n1. The van der Waals surface area contributed by atoms with E-state index in [1.54, 1.807) is 7.11 Å². The van der Waals surface area contributed by atoms with E-state index in [1.165, 1.54) is 19.3 Å². The monoisotopic (exact) mass is 319 g/mol. The molecule has 0 radical (unpaired) electrons. The fourth-order valence-electron chi connectivity index (χ4n) is 1.76. The van der Waals surface area contributed by atoms with Crippen molar-refractivity contribution in [2.45, 2.75) is 19.3 Å². The van der Waals surface area contributed by atoms with Crippen molar-refractivity contribution in [2.24, 2.45) is 0 Å². The van der Waals surface area contributed by atoms with Crippen LogP contribution in [0, 0.1) is 3.70 Å². The zero-order valence-electron chi connectivity index (χ0n) is 8.74. The smallest absolute Gasteiger partial charge is 0.319 e. The third-order valence-electron chi connectivity index (χ3n) is 2.52. The standard InChI is InChI=1S/C10H14IN3O/c1-15-10-12-8(11)7-9(13-10)14-5-3-2-4-6-14/h7H,2-6H2,1H3. The lowest BCUT2D eigenvalue weighted by atomic mass is 10.1. The summed E-state index contributed by atoms with van der Waals surface area (Å²) in [6.07, 6.45) is 3.83. The summed E-state index contributed by atoms with van der Waals surface area (Å²) in [5.41, 5.74) is 0. The molecule has 0 amide bonds. The number of rotatable bonds is 2. The lowest BCUT2D eigenvalue weighted by Crippen LogP contribution is -2.30. The number of methoxy groups -OCH3 is 1. The molecule has 0 bridgehead atoms. The van der Waals surface area contributed by atoms with E-state index in [4.69, 9.17) is 4.74 Å². The normalized spacial score (nSPS) is 16.5. The molecule has 82 valence electrons. The number of aromatic nitrogens is 2. The fourth-order valence-corrected chi connectivity index (χ4v) is 2.25. The third-order valence-corrected chi connectivity index (χ3v) is 3.08. The minimum absolute atomic E-state index is 0.461. The van der Waals surface area contributed by atoms with Crippen LogP contribution in [0.3, 0.4) is 0 Å². The number of ether oxygens (including phenoxy) is 1. The number of anilines is 1. The number of piperidine rings is 1. The van der Waals surface area contributed by atoms with E-state index in [-0.39, 0.29) is 0 Å². The van der Waals surface area contributed by atoms with Gasteiger partial charge in [-0.15, -0.1) is 0 Å². The first-order chi connectivity index (χ1) is 7.29. The Hall–Kier alpha value is -0.590. The molecule has 0 atom stereocenters. The van der Waals surface area contributed by atoms with Gasteiger partial charge in [0.25, 0.3) is 0 Å². The Morgan fingerprint density at radius 2 is 2.00 bits per heavy atom. The van der Waals surface area contributed by atoms with Gasteiger partial charge < -0.3 is 9.64 Å². The maximum Gasteiger partial charge on any atom is 0.319 e. The third kappa shape index (κ3) is 2.70. The zero-order chi connectivity index (χ0) is 10.7. The topological polar surface area (TPSA) is 38.2 Å². The van der Waals surface area contributed by atoms with Crippen molar-refractivity contribution in [1.29, 1.82) is 0 Å². The van der Waals surface area contributed by atoms with Crippen LogP contribution in [0.1, 0.15) is 19.3 Å². The lowest BCUT2D eigenvalue weighted by molar-refractivity contribution is 0.378. The molecule has 0 aliphatic carbocycles. The first kappa shape index (κ1) is 10.9. The molecule has 4 nitrogen and oxygen atoms in total. The van der Waals surface area contributed by atoms with Crippen LogP contribution in [0.25, 0.3) is 0 Å². The largest absolute Gasteiger partial charge is 0.467 e. The minimum Gasteiger partial charge on any atom is -0.467 e. The summed E-state index contributed by atoms with van der Waals surface area (Å²) in [6, 6.07) is 2.47. The van der Waals surface area contributed by atoms with E-state index >= 15 is 0 Å². The van der Waals surface area contributed by atoms with E-state index in [9.17, 15) is 0 Å². The molecule has 1 fully saturated rings. The quantitative estimate of drug-likeness (QED) is 0.618. The van der Waals surface area contributed by atoms with Crippen LogP contribution in [0.2, 0.25) is 0 Å². The van der Waals surface area contributed by atoms with Crippen molar-refractivity contribution in [2.75, 3.05) is 25.1 Å². The van der Waals surface area contributed by atoms with E-state index in [1.807, 2.05) is 6.07 Å². The number of nitrogens with zero attached hydrogens (tertiary/aromatic N) is 3. The minimum atomic E-state index is 0.461. The van der Waals surface area contributed by atoms with E-state index in [0.717, 1.165) is 22.6 Å². The molecule has 0 saturated carbocycles. The molecule has 0 N–H and O–H groups in total. The van der Waals surface area contributed by atoms with Crippen LogP contribution in [-0.2, 0) is 0 Å². The Morgan fingerprint density at radius 3 is 2.67 bits per heavy atom. The van der Waals surface area contributed by atoms with Crippen molar-refractivity contribution in [1.82, 2.24) is 9.97 Å². The number of hydrogen-bond acceptors (Lipinski definition) is 4. The van der Waals surface area contributed by atoms with Crippen LogP contribution < -0.4 is 9.64 Å². The summed E-state index contributed by atoms with van der Waals surface area (Å²) in [7, 11) is 1.60. The Kier molecular flexibility index (Phi) is 3.61. The van der Waals surface area contributed by atoms with Crippen LogP contribution in [-0.4, -0.2) is 30.2 Å². The van der Waals surface area contributed by atoms with Crippen molar-refractivity contribution in [3.05, 3.63) is 9.77 Å². The van der Waals surface area contributed by atoms with Gasteiger partial charge in [-0.05, 0) is 41.9 Å². The van der Waals surface area contributed by atoms with Gasteiger partial charge >= 0.3 is 6.01 Å². The summed E-state index contributed by atoms with van der Waals surface area (Å²) >= 11 is 2.19. The van der Waals surface area contributed by atoms with E-state index < -0.39 is 0 Å². The van der Waals surface area contributed by atoms with Crippen LogP contribution in [0.15, 0.2) is 6.07 Å². The van der Waals surface area contributed by atoms with Gasteiger partial charge in [0.15, 0.2) is 0 Å². The summed E-state index contributed by atoms with van der Waals surface area (Å²) in [5.74, 6) is 0.992. The van der Waals surface area contributed by atoms with E-state index in [2.05, 4.69) is 37.5 Å². The van der Waals surface area contributed by atoms with Gasteiger partial charge in [0.05, 0.1) is 7.11 Å². The summed E-state index contributed by atoms with van der Waals surface area (Å²) in [4.78, 5) is 10.8.